The lowest BCUT2D eigenvalue weighted by Crippen LogP contribution is -2.50. The quantitative estimate of drug-likeness (QED) is 0.356. The average Bonchev–Trinajstić information content (AvgIpc) is 2.87. The van der Waals surface area contributed by atoms with E-state index in [0.29, 0.717) is 17.2 Å². The summed E-state index contributed by atoms with van der Waals surface area (Å²) in [6.07, 6.45) is -4.77. The maximum Gasteiger partial charge on any atom is 0.416 e. The van der Waals surface area contributed by atoms with Crippen LogP contribution in [0.25, 0.3) is 11.1 Å². The molecule has 0 radical (unpaired) electrons. The number of carbonyl (C=O) groups excluding carboxylic acids is 1. The Bertz CT molecular complexity index is 1450. The van der Waals surface area contributed by atoms with Crippen molar-refractivity contribution in [3.05, 3.63) is 77.9 Å². The second-order valence-corrected chi connectivity index (χ2v) is 10.1. The standard InChI is InChI=1S/C25H21F5N2O5S/c1-36-11-10-31-15-32(38(34,35)20-7-3-5-18(14-20)25(28,29)30)22-13-17(8-9-21(22)23(31)33)16-4-2-6-19(12-16)37-24(26)27/h2-9,12-14,24H,10-11,15H2,1H3. The first-order valence-electron chi connectivity index (χ1n) is 11.1. The van der Waals surface area contributed by atoms with Gasteiger partial charge in [0.15, 0.2) is 0 Å². The van der Waals surface area contributed by atoms with E-state index >= 15 is 0 Å². The molecule has 3 aromatic carbocycles. The van der Waals surface area contributed by atoms with Gasteiger partial charge in [-0.2, -0.15) is 22.0 Å². The number of amides is 1. The SMILES string of the molecule is COCCN1CN(S(=O)(=O)c2cccc(C(F)(F)F)c2)c2cc(-c3cccc(OC(F)F)c3)ccc2C1=O. The summed E-state index contributed by atoms with van der Waals surface area (Å²) in [5.74, 6) is -0.639. The molecule has 0 saturated carbocycles. The lowest BCUT2D eigenvalue weighted by atomic mass is 10.0. The highest BCUT2D eigenvalue weighted by molar-refractivity contribution is 7.92. The van der Waals surface area contributed by atoms with E-state index in [-0.39, 0.29) is 30.2 Å². The fraction of sp³-hybridized carbons (Fsp3) is 0.240. The van der Waals surface area contributed by atoms with Crippen molar-refractivity contribution in [2.45, 2.75) is 17.7 Å². The van der Waals surface area contributed by atoms with Gasteiger partial charge >= 0.3 is 12.8 Å². The number of carbonyl (C=O) groups is 1. The van der Waals surface area contributed by atoms with E-state index in [1.54, 1.807) is 6.07 Å². The molecule has 0 aromatic heterocycles. The van der Waals surface area contributed by atoms with E-state index in [1.165, 1.54) is 48.4 Å². The molecule has 7 nitrogen and oxygen atoms in total. The predicted octanol–water partition coefficient (Wildman–Crippen LogP) is 5.23. The van der Waals surface area contributed by atoms with Crippen molar-refractivity contribution in [2.24, 2.45) is 0 Å². The number of methoxy groups -OCH3 is 1. The van der Waals surface area contributed by atoms with Crippen molar-refractivity contribution < 1.29 is 44.6 Å². The zero-order valence-electron chi connectivity index (χ0n) is 19.8. The largest absolute Gasteiger partial charge is 0.435 e. The highest BCUT2D eigenvalue weighted by Gasteiger charge is 2.38. The van der Waals surface area contributed by atoms with Crippen LogP contribution in [-0.4, -0.2) is 52.8 Å². The minimum absolute atomic E-state index is 0.00774. The van der Waals surface area contributed by atoms with Gasteiger partial charge in [0.25, 0.3) is 15.9 Å². The Morgan fingerprint density at radius 2 is 1.68 bits per heavy atom. The summed E-state index contributed by atoms with van der Waals surface area (Å²) in [5, 5.41) is 0. The third-order valence-electron chi connectivity index (χ3n) is 5.79. The van der Waals surface area contributed by atoms with Crippen LogP contribution in [0.2, 0.25) is 0 Å². The molecular weight excluding hydrogens is 535 g/mol. The minimum Gasteiger partial charge on any atom is -0.435 e. The summed E-state index contributed by atoms with van der Waals surface area (Å²) < 4.78 is 103. The molecule has 38 heavy (non-hydrogen) atoms. The van der Waals surface area contributed by atoms with Crippen molar-refractivity contribution in [1.82, 2.24) is 4.90 Å². The van der Waals surface area contributed by atoms with Gasteiger partial charge < -0.3 is 14.4 Å². The summed E-state index contributed by atoms with van der Waals surface area (Å²) in [4.78, 5) is 13.7. The lowest BCUT2D eigenvalue weighted by molar-refractivity contribution is -0.137. The molecule has 1 heterocycles. The number of rotatable bonds is 8. The second-order valence-electron chi connectivity index (χ2n) is 8.22. The number of alkyl halides is 5. The molecule has 202 valence electrons. The normalized spacial score (nSPS) is 14.1. The molecule has 13 heteroatoms. The van der Waals surface area contributed by atoms with Gasteiger partial charge in [0.2, 0.25) is 0 Å². The van der Waals surface area contributed by atoms with Gasteiger partial charge in [0, 0.05) is 13.7 Å². The maximum absolute atomic E-state index is 13.7. The number of fused-ring (bicyclic) bond motifs is 1. The molecule has 3 aromatic rings. The van der Waals surface area contributed by atoms with Crippen LogP contribution in [-0.2, 0) is 20.9 Å². The molecule has 1 aliphatic rings. The Morgan fingerprint density at radius 3 is 2.37 bits per heavy atom. The fourth-order valence-corrected chi connectivity index (χ4v) is 5.44. The van der Waals surface area contributed by atoms with Gasteiger partial charge in [0.05, 0.1) is 28.3 Å². The topological polar surface area (TPSA) is 76.2 Å². The molecular formula is C25H21F5N2O5S. The van der Waals surface area contributed by atoms with Gasteiger partial charge in [-0.05, 0) is 53.6 Å². The molecule has 4 rings (SSSR count). The molecule has 1 aliphatic heterocycles. The van der Waals surface area contributed by atoms with Crippen LogP contribution in [0.4, 0.5) is 27.6 Å². The molecule has 0 saturated heterocycles. The number of ether oxygens (including phenoxy) is 2. The number of hydrogen-bond donors (Lipinski definition) is 0. The Balaban J connectivity index is 1.84. The third-order valence-corrected chi connectivity index (χ3v) is 7.53. The summed E-state index contributed by atoms with van der Waals surface area (Å²) in [6, 6.07) is 13.2. The average molecular weight is 557 g/mol. The Hall–Kier alpha value is -3.71. The zero-order chi connectivity index (χ0) is 27.7. The van der Waals surface area contributed by atoms with E-state index in [4.69, 9.17) is 4.74 Å². The van der Waals surface area contributed by atoms with Crippen LogP contribution in [0.5, 0.6) is 5.75 Å². The summed E-state index contributed by atoms with van der Waals surface area (Å²) in [7, 11) is -3.19. The first-order valence-corrected chi connectivity index (χ1v) is 12.5. The first-order chi connectivity index (χ1) is 17.9. The second kappa shape index (κ2) is 10.6. The third kappa shape index (κ3) is 5.58. The highest BCUT2D eigenvalue weighted by atomic mass is 32.2. The van der Waals surface area contributed by atoms with Crippen LogP contribution in [0.15, 0.2) is 71.6 Å². The molecule has 1 amide bonds. The molecule has 0 N–H and O–H groups in total. The highest BCUT2D eigenvalue weighted by Crippen LogP contribution is 2.37. The number of halogens is 5. The van der Waals surface area contributed by atoms with Crippen molar-refractivity contribution >= 4 is 21.6 Å². The van der Waals surface area contributed by atoms with Crippen LogP contribution in [0.1, 0.15) is 15.9 Å². The van der Waals surface area contributed by atoms with E-state index in [1.807, 2.05) is 0 Å². The number of benzene rings is 3. The van der Waals surface area contributed by atoms with Crippen LogP contribution >= 0.6 is 0 Å². The van der Waals surface area contributed by atoms with Crippen LogP contribution in [0.3, 0.4) is 0 Å². The Kier molecular flexibility index (Phi) is 7.61. The first kappa shape index (κ1) is 27.3. The monoisotopic (exact) mass is 556 g/mol. The Labute approximate surface area is 215 Å². The van der Waals surface area contributed by atoms with Crippen molar-refractivity contribution in [3.63, 3.8) is 0 Å². The van der Waals surface area contributed by atoms with E-state index in [2.05, 4.69) is 4.74 Å². The summed E-state index contributed by atoms with van der Waals surface area (Å²) in [5.41, 5.74) is -0.472. The van der Waals surface area contributed by atoms with Crippen LogP contribution in [0, 0.1) is 0 Å². The predicted molar refractivity (Wildman–Crippen MR) is 127 cm³/mol. The zero-order valence-corrected chi connectivity index (χ0v) is 20.6. The summed E-state index contributed by atoms with van der Waals surface area (Å²) in [6.45, 7) is -3.42. The molecule has 0 aliphatic carbocycles. The summed E-state index contributed by atoms with van der Waals surface area (Å²) >= 11 is 0. The molecule has 0 atom stereocenters. The van der Waals surface area contributed by atoms with E-state index in [0.717, 1.165) is 22.5 Å². The van der Waals surface area contributed by atoms with Crippen LogP contribution < -0.4 is 9.04 Å². The fourth-order valence-electron chi connectivity index (χ4n) is 3.96. The van der Waals surface area contributed by atoms with Crippen molar-refractivity contribution in [3.8, 4) is 16.9 Å². The number of hydrogen-bond acceptors (Lipinski definition) is 5. The molecule has 0 spiro atoms. The Morgan fingerprint density at radius 1 is 0.974 bits per heavy atom. The van der Waals surface area contributed by atoms with Gasteiger partial charge in [-0.1, -0.05) is 24.3 Å². The van der Waals surface area contributed by atoms with Crippen molar-refractivity contribution in [2.75, 3.05) is 31.2 Å². The van der Waals surface area contributed by atoms with E-state index < -0.39 is 45.8 Å². The molecule has 0 fully saturated rings. The van der Waals surface area contributed by atoms with Gasteiger partial charge in [-0.25, -0.2) is 12.7 Å². The molecule has 0 unspecified atom stereocenters. The number of anilines is 1. The molecule has 0 bridgehead atoms. The minimum atomic E-state index is -4.77. The smallest absolute Gasteiger partial charge is 0.416 e. The van der Waals surface area contributed by atoms with Gasteiger partial charge in [-0.15, -0.1) is 0 Å². The van der Waals surface area contributed by atoms with Crippen molar-refractivity contribution in [1.29, 1.82) is 0 Å². The van der Waals surface area contributed by atoms with E-state index in [9.17, 15) is 35.2 Å². The van der Waals surface area contributed by atoms with Gasteiger partial charge in [0.1, 0.15) is 12.4 Å². The number of nitrogens with zero attached hydrogens (tertiary/aromatic N) is 2. The number of sulfonamides is 1. The van der Waals surface area contributed by atoms with Gasteiger partial charge in [-0.3, -0.25) is 4.79 Å². The lowest BCUT2D eigenvalue weighted by Gasteiger charge is -2.37. The maximum atomic E-state index is 13.7.